The molecular formula is C13H20N6O3. The molecule has 5 N–H and O–H groups in total. The van der Waals surface area contributed by atoms with Gasteiger partial charge in [-0.25, -0.2) is 0 Å². The van der Waals surface area contributed by atoms with E-state index in [-0.39, 0.29) is 18.4 Å². The fourth-order valence-electron chi connectivity index (χ4n) is 2.86. The van der Waals surface area contributed by atoms with Crippen LogP contribution in [0, 0.1) is 0 Å². The number of aromatic nitrogens is 2. The predicted octanol–water partition coefficient (Wildman–Crippen LogP) is -1.61. The van der Waals surface area contributed by atoms with Gasteiger partial charge in [-0.05, 0) is 7.05 Å². The Morgan fingerprint density at radius 2 is 2.27 bits per heavy atom. The SMILES string of the molecule is CNCC(=O)N1CCOCC2(Cc3c(N)nc(N)nc3O2)C1. The maximum absolute atomic E-state index is 12.2. The third kappa shape index (κ3) is 2.64. The van der Waals surface area contributed by atoms with Crippen molar-refractivity contribution >= 4 is 17.7 Å². The molecule has 1 atom stereocenters. The van der Waals surface area contributed by atoms with Gasteiger partial charge in [-0.15, -0.1) is 0 Å². The molecule has 0 saturated carbocycles. The summed E-state index contributed by atoms with van der Waals surface area (Å²) in [4.78, 5) is 22.0. The van der Waals surface area contributed by atoms with Crippen LogP contribution in [0.25, 0.3) is 0 Å². The van der Waals surface area contributed by atoms with Gasteiger partial charge in [0.05, 0.1) is 31.9 Å². The number of anilines is 2. The lowest BCUT2D eigenvalue weighted by Crippen LogP contribution is -2.51. The number of nitrogens with two attached hydrogens (primary N) is 2. The molecule has 120 valence electrons. The van der Waals surface area contributed by atoms with E-state index in [2.05, 4.69) is 15.3 Å². The number of nitrogen functional groups attached to an aromatic ring is 2. The first-order valence-electron chi connectivity index (χ1n) is 7.14. The second-order valence-corrected chi connectivity index (χ2v) is 5.61. The molecule has 1 amide bonds. The van der Waals surface area contributed by atoms with E-state index in [1.54, 1.807) is 11.9 Å². The lowest BCUT2D eigenvalue weighted by molar-refractivity contribution is -0.132. The van der Waals surface area contributed by atoms with E-state index in [4.69, 9.17) is 20.9 Å². The quantitative estimate of drug-likeness (QED) is 0.595. The number of ether oxygens (including phenoxy) is 2. The number of amides is 1. The Labute approximate surface area is 128 Å². The zero-order valence-electron chi connectivity index (χ0n) is 12.5. The highest BCUT2D eigenvalue weighted by atomic mass is 16.6. The van der Waals surface area contributed by atoms with Gasteiger partial charge in [-0.3, -0.25) is 4.79 Å². The summed E-state index contributed by atoms with van der Waals surface area (Å²) in [6.45, 7) is 2.07. The number of rotatable bonds is 2. The predicted molar refractivity (Wildman–Crippen MR) is 79.2 cm³/mol. The largest absolute Gasteiger partial charge is 0.466 e. The Kier molecular flexibility index (Phi) is 3.75. The van der Waals surface area contributed by atoms with Crippen LogP contribution in [-0.4, -0.2) is 66.3 Å². The van der Waals surface area contributed by atoms with Crippen LogP contribution in [0.1, 0.15) is 5.56 Å². The van der Waals surface area contributed by atoms with Crippen LogP contribution in [0.15, 0.2) is 0 Å². The van der Waals surface area contributed by atoms with Gasteiger partial charge < -0.3 is 31.2 Å². The lowest BCUT2D eigenvalue weighted by Gasteiger charge is -2.30. The van der Waals surface area contributed by atoms with Crippen molar-refractivity contribution in [3.8, 4) is 5.88 Å². The van der Waals surface area contributed by atoms with Crippen LogP contribution in [0.3, 0.4) is 0 Å². The van der Waals surface area contributed by atoms with Crippen LogP contribution in [0.2, 0.25) is 0 Å². The van der Waals surface area contributed by atoms with Crippen molar-refractivity contribution in [1.82, 2.24) is 20.2 Å². The Balaban J connectivity index is 1.84. The summed E-state index contributed by atoms with van der Waals surface area (Å²) < 4.78 is 11.6. The van der Waals surface area contributed by atoms with Gasteiger partial charge in [0, 0.05) is 13.0 Å². The van der Waals surface area contributed by atoms with Gasteiger partial charge in [-0.2, -0.15) is 9.97 Å². The Hall–Kier alpha value is -2.13. The van der Waals surface area contributed by atoms with Gasteiger partial charge in [-0.1, -0.05) is 0 Å². The molecule has 3 heterocycles. The summed E-state index contributed by atoms with van der Waals surface area (Å²) in [5.74, 6) is 0.782. The molecule has 0 aromatic carbocycles. The molecule has 0 bridgehead atoms. The Morgan fingerprint density at radius 1 is 1.45 bits per heavy atom. The monoisotopic (exact) mass is 308 g/mol. The number of hydrogen-bond acceptors (Lipinski definition) is 8. The molecule has 1 spiro atoms. The summed E-state index contributed by atoms with van der Waals surface area (Å²) in [5, 5.41) is 2.87. The minimum Gasteiger partial charge on any atom is -0.466 e. The second kappa shape index (κ2) is 5.58. The van der Waals surface area contributed by atoms with Crippen molar-refractivity contribution in [3.05, 3.63) is 5.56 Å². The molecule has 22 heavy (non-hydrogen) atoms. The number of nitrogens with zero attached hydrogens (tertiary/aromatic N) is 3. The Morgan fingerprint density at radius 3 is 3.05 bits per heavy atom. The highest BCUT2D eigenvalue weighted by Crippen LogP contribution is 2.38. The third-order valence-electron chi connectivity index (χ3n) is 3.86. The highest BCUT2D eigenvalue weighted by molar-refractivity contribution is 5.78. The number of hydrogen-bond donors (Lipinski definition) is 3. The molecule has 3 rings (SSSR count). The van der Waals surface area contributed by atoms with E-state index in [0.29, 0.717) is 44.4 Å². The first-order valence-corrected chi connectivity index (χ1v) is 7.14. The molecule has 0 aliphatic carbocycles. The molecule has 1 aromatic heterocycles. The first-order chi connectivity index (χ1) is 10.5. The summed E-state index contributed by atoms with van der Waals surface area (Å²) in [6, 6.07) is 0. The van der Waals surface area contributed by atoms with Crippen LogP contribution in [-0.2, 0) is 16.0 Å². The van der Waals surface area contributed by atoms with Crippen molar-refractivity contribution in [3.63, 3.8) is 0 Å². The zero-order chi connectivity index (χ0) is 15.7. The number of carbonyl (C=O) groups excluding carboxylic acids is 1. The van der Waals surface area contributed by atoms with Gasteiger partial charge in [0.2, 0.25) is 17.7 Å². The summed E-state index contributed by atoms with van der Waals surface area (Å²) >= 11 is 0. The average Bonchev–Trinajstić information content (AvgIpc) is 2.67. The molecule has 2 aliphatic heterocycles. The van der Waals surface area contributed by atoms with Crippen molar-refractivity contribution in [2.45, 2.75) is 12.0 Å². The molecule has 9 nitrogen and oxygen atoms in total. The van der Waals surface area contributed by atoms with E-state index in [1.807, 2.05) is 0 Å². The smallest absolute Gasteiger partial charge is 0.236 e. The van der Waals surface area contributed by atoms with Crippen LogP contribution >= 0.6 is 0 Å². The molecule has 2 aliphatic rings. The number of likely N-dealkylation sites (N-methyl/N-ethyl adjacent to an activating group) is 1. The lowest BCUT2D eigenvalue weighted by atomic mass is 9.98. The van der Waals surface area contributed by atoms with Crippen molar-refractivity contribution in [1.29, 1.82) is 0 Å². The summed E-state index contributed by atoms with van der Waals surface area (Å²) in [7, 11) is 1.74. The topological polar surface area (TPSA) is 129 Å². The molecule has 9 heteroatoms. The normalized spacial score (nSPS) is 24.0. The van der Waals surface area contributed by atoms with E-state index >= 15 is 0 Å². The second-order valence-electron chi connectivity index (χ2n) is 5.61. The minimum absolute atomic E-state index is 0.00509. The van der Waals surface area contributed by atoms with E-state index < -0.39 is 5.60 Å². The molecule has 1 saturated heterocycles. The number of fused-ring (bicyclic) bond motifs is 1. The van der Waals surface area contributed by atoms with Gasteiger partial charge in [0.25, 0.3) is 0 Å². The standard InChI is InChI=1S/C13H20N6O3/c1-16-5-9(20)19-2-3-21-7-13(6-19)4-8-10(14)17-12(15)18-11(8)22-13/h16H,2-7H2,1H3,(H4,14,15,17,18). The maximum atomic E-state index is 12.2. The molecule has 1 unspecified atom stereocenters. The summed E-state index contributed by atoms with van der Waals surface area (Å²) in [6.07, 6.45) is 0.498. The fourth-order valence-corrected chi connectivity index (χ4v) is 2.86. The highest BCUT2D eigenvalue weighted by Gasteiger charge is 2.45. The molecule has 0 radical (unpaired) electrons. The van der Waals surface area contributed by atoms with Crippen LogP contribution in [0.5, 0.6) is 5.88 Å². The van der Waals surface area contributed by atoms with E-state index in [0.717, 1.165) is 5.56 Å². The van der Waals surface area contributed by atoms with E-state index in [1.165, 1.54) is 0 Å². The van der Waals surface area contributed by atoms with Gasteiger partial charge in [0.1, 0.15) is 5.82 Å². The Bertz CT molecular complexity index is 595. The average molecular weight is 308 g/mol. The van der Waals surface area contributed by atoms with Crippen molar-refractivity contribution < 1.29 is 14.3 Å². The summed E-state index contributed by atoms with van der Waals surface area (Å²) in [5.41, 5.74) is 11.6. The molecule has 1 aromatic rings. The minimum atomic E-state index is -0.682. The number of carbonyl (C=O) groups is 1. The first kappa shape index (κ1) is 14.8. The zero-order valence-corrected chi connectivity index (χ0v) is 12.5. The van der Waals surface area contributed by atoms with Crippen molar-refractivity contribution in [2.24, 2.45) is 0 Å². The third-order valence-corrected chi connectivity index (χ3v) is 3.86. The van der Waals surface area contributed by atoms with Crippen LogP contribution < -0.4 is 21.5 Å². The fraction of sp³-hybridized carbons (Fsp3) is 0.615. The van der Waals surface area contributed by atoms with Crippen molar-refractivity contribution in [2.75, 3.05) is 51.4 Å². The maximum Gasteiger partial charge on any atom is 0.236 e. The van der Waals surface area contributed by atoms with E-state index in [9.17, 15) is 4.79 Å². The van der Waals surface area contributed by atoms with Gasteiger partial charge >= 0.3 is 0 Å². The number of nitrogens with one attached hydrogen (secondary N) is 1. The van der Waals surface area contributed by atoms with Gasteiger partial charge in [0.15, 0.2) is 5.60 Å². The molecular weight excluding hydrogens is 288 g/mol. The van der Waals surface area contributed by atoms with Crippen LogP contribution in [0.4, 0.5) is 11.8 Å². The molecule has 1 fully saturated rings.